The van der Waals surface area contributed by atoms with Crippen molar-refractivity contribution in [2.75, 3.05) is 32.8 Å². The predicted octanol–water partition coefficient (Wildman–Crippen LogP) is 1.89. The van der Waals surface area contributed by atoms with E-state index in [0.717, 1.165) is 47.4 Å². The molecule has 1 unspecified atom stereocenters. The summed E-state index contributed by atoms with van der Waals surface area (Å²) in [6.45, 7) is 7.71. The highest BCUT2D eigenvalue weighted by molar-refractivity contribution is 7.11. The van der Waals surface area contributed by atoms with Crippen molar-refractivity contribution in [3.63, 3.8) is 0 Å². The number of amides is 1. The molecular weight excluding hydrogens is 336 g/mol. The first-order chi connectivity index (χ1) is 12.1. The third-order valence-corrected chi connectivity index (χ3v) is 5.30. The lowest BCUT2D eigenvalue weighted by Crippen LogP contribution is -2.44. The Morgan fingerprint density at radius 1 is 1.40 bits per heavy atom. The van der Waals surface area contributed by atoms with Gasteiger partial charge in [0, 0.05) is 36.9 Å². The summed E-state index contributed by atoms with van der Waals surface area (Å²) < 4.78 is 5.45. The number of aryl methyl sites for hydroxylation is 2. The number of rotatable bonds is 6. The summed E-state index contributed by atoms with van der Waals surface area (Å²) in [5.41, 5.74) is 2.00. The molecule has 1 amide bonds. The molecule has 1 aliphatic heterocycles. The number of aromatic nitrogens is 2. The Hall–Kier alpha value is -1.83. The molecule has 1 fully saturated rings. The highest BCUT2D eigenvalue weighted by atomic mass is 32.1. The van der Waals surface area contributed by atoms with Gasteiger partial charge in [0.1, 0.15) is 0 Å². The second-order valence-corrected chi connectivity index (χ2v) is 7.57. The minimum Gasteiger partial charge on any atom is -0.379 e. The number of nitrogens with zero attached hydrogens (tertiary/aromatic N) is 3. The monoisotopic (exact) mass is 360 g/mol. The second kappa shape index (κ2) is 8.51. The largest absolute Gasteiger partial charge is 0.379 e. The van der Waals surface area contributed by atoms with E-state index in [9.17, 15) is 4.79 Å². The van der Waals surface area contributed by atoms with Crippen molar-refractivity contribution in [3.8, 4) is 0 Å². The van der Waals surface area contributed by atoms with E-state index in [-0.39, 0.29) is 11.9 Å². The van der Waals surface area contributed by atoms with Crippen molar-refractivity contribution in [1.29, 1.82) is 0 Å². The fourth-order valence-corrected chi connectivity index (χ4v) is 3.92. The van der Waals surface area contributed by atoms with Gasteiger partial charge < -0.3 is 10.1 Å². The molecule has 0 saturated carbocycles. The number of carbonyl (C=O) groups excluding carboxylic acids is 1. The van der Waals surface area contributed by atoms with Crippen LogP contribution in [0, 0.1) is 13.8 Å². The summed E-state index contributed by atoms with van der Waals surface area (Å²) in [5.74, 6) is 0.00977. The van der Waals surface area contributed by atoms with Crippen LogP contribution >= 0.6 is 11.3 Å². The van der Waals surface area contributed by atoms with Crippen LogP contribution in [0.5, 0.6) is 0 Å². The van der Waals surface area contributed by atoms with E-state index in [1.807, 2.05) is 26.1 Å². The Morgan fingerprint density at radius 3 is 2.84 bits per heavy atom. The van der Waals surface area contributed by atoms with Gasteiger partial charge in [-0.15, -0.1) is 11.3 Å². The molecule has 1 atom stereocenters. The van der Waals surface area contributed by atoms with Crippen LogP contribution < -0.4 is 5.32 Å². The first-order valence-electron chi connectivity index (χ1n) is 8.55. The normalized spacial score (nSPS) is 16.6. The highest BCUT2D eigenvalue weighted by Gasteiger charge is 2.23. The zero-order valence-electron chi connectivity index (χ0n) is 14.7. The number of carbonyl (C=O) groups is 1. The molecule has 134 valence electrons. The molecule has 2 aromatic rings. The molecule has 3 rings (SSSR count). The maximum atomic E-state index is 12.4. The molecule has 1 saturated heterocycles. The lowest BCUT2D eigenvalue weighted by Gasteiger charge is -2.34. The first kappa shape index (κ1) is 18.0. The summed E-state index contributed by atoms with van der Waals surface area (Å²) in [4.78, 5) is 24.5. The molecule has 6 nitrogen and oxygen atoms in total. The van der Waals surface area contributed by atoms with Gasteiger partial charge in [0.25, 0.3) is 0 Å². The molecule has 0 radical (unpaired) electrons. The molecule has 1 aliphatic rings. The minimum atomic E-state index is 0.00977. The number of ether oxygens (including phenoxy) is 1. The van der Waals surface area contributed by atoms with E-state index in [1.165, 1.54) is 0 Å². The van der Waals surface area contributed by atoms with Gasteiger partial charge in [-0.3, -0.25) is 14.7 Å². The maximum Gasteiger partial charge on any atom is 0.226 e. The number of hydrogen-bond donors (Lipinski definition) is 1. The summed E-state index contributed by atoms with van der Waals surface area (Å²) in [6, 6.07) is 4.11. The molecule has 0 aromatic carbocycles. The highest BCUT2D eigenvalue weighted by Crippen LogP contribution is 2.21. The van der Waals surface area contributed by atoms with Gasteiger partial charge in [-0.2, -0.15) is 0 Å². The Kier molecular flexibility index (Phi) is 6.12. The third kappa shape index (κ3) is 4.84. The molecule has 0 spiro atoms. The van der Waals surface area contributed by atoms with Crippen LogP contribution in [0.4, 0.5) is 0 Å². The SMILES string of the molecule is Cc1nc(CC(=O)NCC(c2cccnc2)N2CCOCC2)c(C)s1. The van der Waals surface area contributed by atoms with E-state index in [2.05, 4.69) is 26.3 Å². The summed E-state index contributed by atoms with van der Waals surface area (Å²) in [6.07, 6.45) is 3.98. The summed E-state index contributed by atoms with van der Waals surface area (Å²) in [5, 5.41) is 4.08. The standard InChI is InChI=1S/C18H24N4O2S/c1-13-16(21-14(2)25-13)10-18(23)20-12-17(15-4-3-5-19-11-15)22-6-8-24-9-7-22/h3-5,11,17H,6-10,12H2,1-2H3,(H,20,23). The Bertz CT molecular complexity index is 698. The second-order valence-electron chi connectivity index (χ2n) is 6.17. The van der Waals surface area contributed by atoms with Gasteiger partial charge in [0.15, 0.2) is 0 Å². The lowest BCUT2D eigenvalue weighted by molar-refractivity contribution is -0.120. The van der Waals surface area contributed by atoms with E-state index >= 15 is 0 Å². The topological polar surface area (TPSA) is 67.4 Å². The van der Waals surface area contributed by atoms with Crippen molar-refractivity contribution >= 4 is 17.2 Å². The number of morpholine rings is 1. The van der Waals surface area contributed by atoms with E-state index in [1.54, 1.807) is 17.5 Å². The molecule has 3 heterocycles. The van der Waals surface area contributed by atoms with Crippen molar-refractivity contribution in [3.05, 3.63) is 45.7 Å². The number of hydrogen-bond acceptors (Lipinski definition) is 6. The van der Waals surface area contributed by atoms with Crippen molar-refractivity contribution in [1.82, 2.24) is 20.2 Å². The maximum absolute atomic E-state index is 12.4. The number of thiazole rings is 1. The van der Waals surface area contributed by atoms with Crippen molar-refractivity contribution in [2.24, 2.45) is 0 Å². The fraction of sp³-hybridized carbons (Fsp3) is 0.500. The third-order valence-electron chi connectivity index (χ3n) is 4.38. The fourth-order valence-electron chi connectivity index (χ4n) is 3.08. The zero-order valence-corrected chi connectivity index (χ0v) is 15.5. The Morgan fingerprint density at radius 2 is 2.20 bits per heavy atom. The van der Waals surface area contributed by atoms with Gasteiger partial charge in [-0.25, -0.2) is 4.98 Å². The lowest BCUT2D eigenvalue weighted by atomic mass is 10.1. The van der Waals surface area contributed by atoms with Crippen LogP contribution in [0.1, 0.15) is 27.2 Å². The number of nitrogens with one attached hydrogen (secondary N) is 1. The van der Waals surface area contributed by atoms with Crippen molar-refractivity contribution < 1.29 is 9.53 Å². The summed E-state index contributed by atoms with van der Waals surface area (Å²) in [7, 11) is 0. The average molecular weight is 360 g/mol. The van der Waals surface area contributed by atoms with Crippen molar-refractivity contribution in [2.45, 2.75) is 26.3 Å². The number of pyridine rings is 1. The van der Waals surface area contributed by atoms with Gasteiger partial charge >= 0.3 is 0 Å². The van der Waals surface area contributed by atoms with Gasteiger partial charge in [-0.1, -0.05) is 6.07 Å². The Balaban J connectivity index is 1.63. The molecule has 2 aromatic heterocycles. The molecule has 0 bridgehead atoms. The van der Waals surface area contributed by atoms with Crippen LogP contribution in [0.15, 0.2) is 24.5 Å². The predicted molar refractivity (Wildman–Crippen MR) is 97.7 cm³/mol. The molecule has 1 N–H and O–H groups in total. The van der Waals surface area contributed by atoms with Crippen LogP contribution in [0.25, 0.3) is 0 Å². The molecular formula is C18H24N4O2S. The van der Waals surface area contributed by atoms with Gasteiger partial charge in [0.2, 0.25) is 5.91 Å². The van der Waals surface area contributed by atoms with Crippen LogP contribution in [-0.4, -0.2) is 53.6 Å². The summed E-state index contributed by atoms with van der Waals surface area (Å²) >= 11 is 1.63. The van der Waals surface area contributed by atoms with E-state index in [4.69, 9.17) is 4.74 Å². The first-order valence-corrected chi connectivity index (χ1v) is 9.36. The molecule has 25 heavy (non-hydrogen) atoms. The average Bonchev–Trinajstić information content (AvgIpc) is 2.94. The van der Waals surface area contributed by atoms with Crippen LogP contribution in [-0.2, 0) is 16.0 Å². The molecule has 7 heteroatoms. The smallest absolute Gasteiger partial charge is 0.226 e. The van der Waals surface area contributed by atoms with Gasteiger partial charge in [0.05, 0.1) is 36.4 Å². The van der Waals surface area contributed by atoms with Crippen LogP contribution in [0.3, 0.4) is 0 Å². The van der Waals surface area contributed by atoms with E-state index in [0.29, 0.717) is 13.0 Å². The van der Waals surface area contributed by atoms with Crippen LogP contribution in [0.2, 0.25) is 0 Å². The van der Waals surface area contributed by atoms with Gasteiger partial charge in [-0.05, 0) is 25.5 Å². The Labute approximate surface area is 152 Å². The zero-order chi connectivity index (χ0) is 17.6. The quantitative estimate of drug-likeness (QED) is 0.852. The minimum absolute atomic E-state index is 0.00977. The van der Waals surface area contributed by atoms with E-state index < -0.39 is 0 Å². The molecule has 0 aliphatic carbocycles.